The van der Waals surface area contributed by atoms with Crippen molar-refractivity contribution < 1.29 is 9.84 Å². The number of aliphatic hydroxyl groups excluding tert-OH is 1. The predicted molar refractivity (Wildman–Crippen MR) is 65.7 cm³/mol. The van der Waals surface area contributed by atoms with Crippen molar-refractivity contribution in [1.29, 1.82) is 0 Å². The number of ether oxygens (including phenoxy) is 1. The minimum absolute atomic E-state index is 0.240. The molecule has 2 atom stereocenters. The van der Waals surface area contributed by atoms with E-state index in [0.717, 1.165) is 18.7 Å². The van der Waals surface area contributed by atoms with E-state index in [1.54, 1.807) is 14.0 Å². The van der Waals surface area contributed by atoms with Crippen LogP contribution in [0.3, 0.4) is 0 Å². The Morgan fingerprint density at radius 2 is 1.88 bits per heavy atom. The van der Waals surface area contributed by atoms with Crippen molar-refractivity contribution in [1.82, 2.24) is 5.32 Å². The molecule has 0 fully saturated rings. The number of methoxy groups -OCH3 is 1. The van der Waals surface area contributed by atoms with E-state index in [1.165, 1.54) is 5.56 Å². The van der Waals surface area contributed by atoms with Crippen LogP contribution in [0.15, 0.2) is 24.3 Å². The molecule has 0 saturated heterocycles. The zero-order valence-electron chi connectivity index (χ0n) is 10.2. The topological polar surface area (TPSA) is 41.5 Å². The minimum atomic E-state index is -0.240. The summed E-state index contributed by atoms with van der Waals surface area (Å²) in [6.45, 7) is 4.74. The molecule has 0 bridgehead atoms. The first-order chi connectivity index (χ1) is 7.63. The lowest BCUT2D eigenvalue weighted by molar-refractivity contribution is 0.182. The standard InChI is InChI=1S/C13H21NO2/c1-10(15)8-9-14-11(2)12-4-6-13(16-3)7-5-12/h4-7,10-11,14-15H,8-9H2,1-3H3/t10?,11-/m1/s1. The molecule has 3 nitrogen and oxygen atoms in total. The Hall–Kier alpha value is -1.06. The van der Waals surface area contributed by atoms with E-state index in [9.17, 15) is 0 Å². The van der Waals surface area contributed by atoms with E-state index in [1.807, 2.05) is 12.1 Å². The molecule has 0 amide bonds. The maximum absolute atomic E-state index is 9.15. The van der Waals surface area contributed by atoms with Crippen molar-refractivity contribution in [3.05, 3.63) is 29.8 Å². The molecular formula is C13H21NO2. The van der Waals surface area contributed by atoms with Crippen molar-refractivity contribution in [2.24, 2.45) is 0 Å². The summed E-state index contributed by atoms with van der Waals surface area (Å²) in [5.41, 5.74) is 1.23. The summed E-state index contributed by atoms with van der Waals surface area (Å²) in [6, 6.07) is 8.33. The number of hydrogen-bond donors (Lipinski definition) is 2. The van der Waals surface area contributed by atoms with Crippen LogP contribution >= 0.6 is 0 Å². The lowest BCUT2D eigenvalue weighted by atomic mass is 10.1. The van der Waals surface area contributed by atoms with E-state index >= 15 is 0 Å². The van der Waals surface area contributed by atoms with Gasteiger partial charge in [0.1, 0.15) is 5.75 Å². The largest absolute Gasteiger partial charge is 0.497 e. The van der Waals surface area contributed by atoms with Gasteiger partial charge in [0.2, 0.25) is 0 Å². The summed E-state index contributed by atoms with van der Waals surface area (Å²) >= 11 is 0. The number of nitrogens with one attached hydrogen (secondary N) is 1. The van der Waals surface area contributed by atoms with Crippen LogP contribution in [0.1, 0.15) is 31.9 Å². The Morgan fingerprint density at radius 3 is 2.38 bits per heavy atom. The van der Waals surface area contributed by atoms with E-state index in [0.29, 0.717) is 6.04 Å². The molecule has 1 aromatic rings. The Morgan fingerprint density at radius 1 is 1.25 bits per heavy atom. The fourth-order valence-corrected chi connectivity index (χ4v) is 1.52. The van der Waals surface area contributed by atoms with Crippen LogP contribution in [-0.2, 0) is 0 Å². The molecule has 0 radical (unpaired) electrons. The van der Waals surface area contributed by atoms with Crippen LogP contribution in [0.2, 0.25) is 0 Å². The molecule has 1 rings (SSSR count). The third-order valence-corrected chi connectivity index (χ3v) is 2.63. The van der Waals surface area contributed by atoms with E-state index in [2.05, 4.69) is 24.4 Å². The summed E-state index contributed by atoms with van der Waals surface area (Å²) < 4.78 is 5.11. The van der Waals surface area contributed by atoms with Crippen LogP contribution in [0.25, 0.3) is 0 Å². The molecule has 2 N–H and O–H groups in total. The Bertz CT molecular complexity index is 295. The van der Waals surface area contributed by atoms with Gasteiger partial charge in [-0.1, -0.05) is 12.1 Å². The molecule has 0 aliphatic carbocycles. The van der Waals surface area contributed by atoms with Gasteiger partial charge >= 0.3 is 0 Å². The Kier molecular flexibility index (Phi) is 5.29. The maximum atomic E-state index is 9.15. The molecule has 3 heteroatoms. The zero-order valence-corrected chi connectivity index (χ0v) is 10.2. The number of rotatable bonds is 6. The summed E-state index contributed by atoms with van der Waals surface area (Å²) in [6.07, 6.45) is 0.538. The zero-order chi connectivity index (χ0) is 12.0. The number of hydrogen-bond acceptors (Lipinski definition) is 3. The Labute approximate surface area is 97.4 Å². The maximum Gasteiger partial charge on any atom is 0.118 e. The fraction of sp³-hybridized carbons (Fsp3) is 0.538. The quantitative estimate of drug-likeness (QED) is 0.776. The second-order valence-electron chi connectivity index (χ2n) is 4.09. The SMILES string of the molecule is COc1ccc([C@@H](C)NCCC(C)O)cc1. The van der Waals surface area contributed by atoms with Gasteiger partial charge in [-0.05, 0) is 44.5 Å². The van der Waals surface area contributed by atoms with E-state index in [4.69, 9.17) is 9.84 Å². The highest BCUT2D eigenvalue weighted by molar-refractivity contribution is 5.28. The molecule has 0 spiro atoms. The average molecular weight is 223 g/mol. The van der Waals surface area contributed by atoms with Gasteiger partial charge in [0.05, 0.1) is 13.2 Å². The summed E-state index contributed by atoms with van der Waals surface area (Å²) in [5.74, 6) is 0.875. The number of aliphatic hydroxyl groups is 1. The normalized spacial score (nSPS) is 14.5. The molecule has 0 aliphatic rings. The first-order valence-corrected chi connectivity index (χ1v) is 5.69. The Balaban J connectivity index is 2.43. The van der Waals surface area contributed by atoms with Gasteiger partial charge < -0.3 is 15.2 Å². The summed E-state index contributed by atoms with van der Waals surface area (Å²) in [7, 11) is 1.67. The minimum Gasteiger partial charge on any atom is -0.497 e. The highest BCUT2D eigenvalue weighted by Crippen LogP contribution is 2.17. The van der Waals surface area contributed by atoms with Crippen molar-refractivity contribution >= 4 is 0 Å². The monoisotopic (exact) mass is 223 g/mol. The van der Waals surface area contributed by atoms with Crippen LogP contribution in [0.4, 0.5) is 0 Å². The highest BCUT2D eigenvalue weighted by atomic mass is 16.5. The lowest BCUT2D eigenvalue weighted by Gasteiger charge is -2.15. The average Bonchev–Trinajstić information content (AvgIpc) is 2.28. The lowest BCUT2D eigenvalue weighted by Crippen LogP contribution is -2.22. The van der Waals surface area contributed by atoms with Crippen molar-refractivity contribution in [3.8, 4) is 5.75 Å². The van der Waals surface area contributed by atoms with Crippen molar-refractivity contribution in [2.75, 3.05) is 13.7 Å². The predicted octanol–water partition coefficient (Wildman–Crippen LogP) is 2.12. The molecule has 16 heavy (non-hydrogen) atoms. The first kappa shape index (κ1) is 13.0. The summed E-state index contributed by atoms with van der Waals surface area (Å²) in [5, 5.41) is 12.5. The first-order valence-electron chi connectivity index (χ1n) is 5.69. The molecule has 0 aromatic heterocycles. The fourth-order valence-electron chi connectivity index (χ4n) is 1.52. The highest BCUT2D eigenvalue weighted by Gasteiger charge is 2.05. The third-order valence-electron chi connectivity index (χ3n) is 2.63. The molecule has 1 unspecified atom stereocenters. The van der Waals surface area contributed by atoms with Crippen LogP contribution in [0, 0.1) is 0 Å². The third kappa shape index (κ3) is 4.21. The van der Waals surface area contributed by atoms with E-state index in [-0.39, 0.29) is 6.10 Å². The molecule has 0 aliphatic heterocycles. The number of benzene rings is 1. The van der Waals surface area contributed by atoms with Gasteiger partial charge in [-0.3, -0.25) is 0 Å². The van der Waals surface area contributed by atoms with Crippen LogP contribution < -0.4 is 10.1 Å². The smallest absolute Gasteiger partial charge is 0.118 e. The van der Waals surface area contributed by atoms with Gasteiger partial charge in [0.15, 0.2) is 0 Å². The van der Waals surface area contributed by atoms with Crippen molar-refractivity contribution in [2.45, 2.75) is 32.4 Å². The molecule has 90 valence electrons. The summed E-state index contributed by atoms with van der Waals surface area (Å²) in [4.78, 5) is 0. The van der Waals surface area contributed by atoms with Crippen LogP contribution in [-0.4, -0.2) is 24.9 Å². The van der Waals surface area contributed by atoms with Gasteiger partial charge in [0.25, 0.3) is 0 Å². The second-order valence-corrected chi connectivity index (χ2v) is 4.09. The van der Waals surface area contributed by atoms with Gasteiger partial charge in [-0.15, -0.1) is 0 Å². The molecule has 0 heterocycles. The molecule has 0 saturated carbocycles. The molecule has 1 aromatic carbocycles. The second kappa shape index (κ2) is 6.51. The van der Waals surface area contributed by atoms with Gasteiger partial charge in [-0.25, -0.2) is 0 Å². The molecular weight excluding hydrogens is 202 g/mol. The van der Waals surface area contributed by atoms with Gasteiger partial charge in [0, 0.05) is 6.04 Å². The van der Waals surface area contributed by atoms with Crippen LogP contribution in [0.5, 0.6) is 5.75 Å². The van der Waals surface area contributed by atoms with Gasteiger partial charge in [-0.2, -0.15) is 0 Å². The van der Waals surface area contributed by atoms with Crippen molar-refractivity contribution in [3.63, 3.8) is 0 Å². The van der Waals surface area contributed by atoms with E-state index < -0.39 is 0 Å².